The van der Waals surface area contributed by atoms with Crippen molar-refractivity contribution in [3.8, 4) is 0 Å². The first-order valence-electron chi connectivity index (χ1n) is 11.8. The molecule has 0 spiro atoms. The molecule has 2 rings (SSSR count). The van der Waals surface area contributed by atoms with Crippen molar-refractivity contribution in [1.29, 1.82) is 0 Å². The molecule has 5 nitrogen and oxygen atoms in total. The Morgan fingerprint density at radius 1 is 1.09 bits per heavy atom. The molecule has 178 valence electrons. The smallest absolute Gasteiger partial charge is 0.407 e. The minimum absolute atomic E-state index is 0.237. The van der Waals surface area contributed by atoms with Crippen molar-refractivity contribution in [2.75, 3.05) is 6.61 Å². The fourth-order valence-corrected chi connectivity index (χ4v) is 3.42. The number of rotatable bonds is 8. The molecule has 0 fully saturated rings. The van der Waals surface area contributed by atoms with E-state index in [0.29, 0.717) is 19.4 Å². The highest BCUT2D eigenvalue weighted by molar-refractivity contribution is 5.75. The first-order chi connectivity index (χ1) is 15.2. The maximum atomic E-state index is 12.3. The normalized spacial score (nSPS) is 14.9. The van der Waals surface area contributed by atoms with Gasteiger partial charge in [-0.2, -0.15) is 0 Å². The number of alkyl carbamates (subject to hydrolysis) is 1. The summed E-state index contributed by atoms with van der Waals surface area (Å²) >= 11 is 0. The van der Waals surface area contributed by atoms with E-state index in [1.807, 2.05) is 41.5 Å². The summed E-state index contributed by atoms with van der Waals surface area (Å²) in [7, 11) is 0. The summed E-state index contributed by atoms with van der Waals surface area (Å²) in [4.78, 5) is 24.4. The number of carbonyl (C=O) groups excluding carboxylic acids is 2. The van der Waals surface area contributed by atoms with Crippen LogP contribution in [-0.2, 0) is 20.7 Å². The molecule has 1 unspecified atom stereocenters. The fraction of sp³-hybridized carbons (Fsp3) is 0.556. The summed E-state index contributed by atoms with van der Waals surface area (Å²) in [5.41, 5.74) is 2.94. The van der Waals surface area contributed by atoms with Gasteiger partial charge in [-0.1, -0.05) is 63.3 Å². The van der Waals surface area contributed by atoms with E-state index in [1.54, 1.807) is 6.92 Å². The molecule has 0 saturated carbocycles. The van der Waals surface area contributed by atoms with Crippen LogP contribution in [-0.4, -0.2) is 30.3 Å². The van der Waals surface area contributed by atoms with Gasteiger partial charge in [0.2, 0.25) is 0 Å². The topological polar surface area (TPSA) is 64.6 Å². The second-order valence-corrected chi connectivity index (χ2v) is 8.77. The minimum atomic E-state index is -0.579. The van der Waals surface area contributed by atoms with Gasteiger partial charge >= 0.3 is 12.1 Å². The van der Waals surface area contributed by atoms with Crippen molar-refractivity contribution in [3.05, 3.63) is 53.6 Å². The largest absolute Gasteiger partial charge is 0.466 e. The van der Waals surface area contributed by atoms with E-state index >= 15 is 0 Å². The van der Waals surface area contributed by atoms with Gasteiger partial charge in [-0.3, -0.25) is 4.79 Å². The van der Waals surface area contributed by atoms with Gasteiger partial charge < -0.3 is 14.8 Å². The predicted octanol–water partition coefficient (Wildman–Crippen LogP) is 6.47. The van der Waals surface area contributed by atoms with Gasteiger partial charge in [0.25, 0.3) is 0 Å². The molecule has 5 heteroatoms. The highest BCUT2D eigenvalue weighted by Crippen LogP contribution is 2.22. The maximum Gasteiger partial charge on any atom is 0.407 e. The lowest BCUT2D eigenvalue weighted by Crippen LogP contribution is -2.41. The monoisotopic (exact) mass is 443 g/mol. The van der Waals surface area contributed by atoms with Crippen molar-refractivity contribution in [1.82, 2.24) is 5.32 Å². The van der Waals surface area contributed by atoms with Crippen LogP contribution in [0.2, 0.25) is 0 Å². The Morgan fingerprint density at radius 3 is 2.28 bits per heavy atom. The van der Waals surface area contributed by atoms with Crippen LogP contribution in [0.25, 0.3) is 5.57 Å². The zero-order valence-electron chi connectivity index (χ0n) is 20.9. The molecule has 2 atom stereocenters. The number of ether oxygens (including phenoxy) is 2. The van der Waals surface area contributed by atoms with Crippen LogP contribution in [0.5, 0.6) is 0 Å². The molecule has 1 aliphatic carbocycles. The Bertz CT molecular complexity index is 772. The number of esters is 1. The summed E-state index contributed by atoms with van der Waals surface area (Å²) in [6.07, 6.45) is 9.39. The van der Waals surface area contributed by atoms with Crippen LogP contribution in [0.15, 0.2) is 42.5 Å². The van der Waals surface area contributed by atoms with Crippen molar-refractivity contribution < 1.29 is 19.1 Å². The molecule has 0 saturated heterocycles. The summed E-state index contributed by atoms with van der Waals surface area (Å²) in [5, 5.41) is 2.94. The summed E-state index contributed by atoms with van der Waals surface area (Å²) < 4.78 is 10.5. The molecular weight excluding hydrogens is 402 g/mol. The van der Waals surface area contributed by atoms with Crippen LogP contribution in [0, 0.1) is 5.92 Å². The Kier molecular flexibility index (Phi) is 11.8. The van der Waals surface area contributed by atoms with Gasteiger partial charge in [0.1, 0.15) is 5.60 Å². The molecule has 1 aromatic carbocycles. The first-order valence-corrected chi connectivity index (χ1v) is 11.8. The third-order valence-electron chi connectivity index (χ3n) is 4.81. The van der Waals surface area contributed by atoms with Crippen molar-refractivity contribution in [2.45, 2.75) is 85.8 Å². The first kappa shape index (κ1) is 27.5. The molecule has 0 bridgehead atoms. The van der Waals surface area contributed by atoms with E-state index in [1.165, 1.54) is 11.1 Å². The summed E-state index contributed by atoms with van der Waals surface area (Å²) in [5.74, 6) is -0.568. The second kappa shape index (κ2) is 13.8. The number of nitrogens with one attached hydrogen (secondary N) is 1. The lowest BCUT2D eigenvalue weighted by molar-refractivity contribution is -0.147. The molecule has 32 heavy (non-hydrogen) atoms. The van der Waals surface area contributed by atoms with Gasteiger partial charge in [0.05, 0.1) is 12.5 Å². The third-order valence-corrected chi connectivity index (χ3v) is 4.81. The summed E-state index contributed by atoms with van der Waals surface area (Å²) in [6, 6.07) is 8.14. The Labute approximate surface area is 194 Å². The maximum absolute atomic E-state index is 12.3. The van der Waals surface area contributed by atoms with Gasteiger partial charge in [0.15, 0.2) is 0 Å². The Morgan fingerprint density at radius 2 is 1.75 bits per heavy atom. The molecule has 0 aromatic heterocycles. The standard InChI is InChI=1S/C25H35NO4.C2H6/c1-6-29-23(27)18(2)16-22(26-24(28)30-25(3,4)5)17-19-12-14-21(15-13-19)20-10-8-7-9-11-20;1-2/h8,10-15,18,22H,6-7,9,16-17H2,1-5H3,(H,26,28);1-2H3/t18-,22?;/m0./s1. The molecular formula is C27H41NO4. The average Bonchev–Trinajstić information content (AvgIpc) is 2.75. The van der Waals surface area contributed by atoms with Gasteiger partial charge in [-0.25, -0.2) is 4.79 Å². The third kappa shape index (κ3) is 10.2. The highest BCUT2D eigenvalue weighted by Gasteiger charge is 2.24. The number of hydrogen-bond donors (Lipinski definition) is 1. The average molecular weight is 444 g/mol. The van der Waals surface area contributed by atoms with E-state index in [9.17, 15) is 9.59 Å². The van der Waals surface area contributed by atoms with Crippen LogP contribution in [0.4, 0.5) is 4.79 Å². The Balaban J connectivity index is 0.00000249. The predicted molar refractivity (Wildman–Crippen MR) is 131 cm³/mol. The molecule has 1 amide bonds. The summed E-state index contributed by atoms with van der Waals surface area (Å²) in [6.45, 7) is 13.5. The molecule has 1 aliphatic rings. The highest BCUT2D eigenvalue weighted by atomic mass is 16.6. The molecule has 1 aromatic rings. The van der Waals surface area contributed by atoms with E-state index in [-0.39, 0.29) is 17.9 Å². The zero-order chi connectivity index (χ0) is 24.1. The number of amides is 1. The van der Waals surface area contributed by atoms with E-state index < -0.39 is 11.7 Å². The lowest BCUT2D eigenvalue weighted by Gasteiger charge is -2.25. The fourth-order valence-electron chi connectivity index (χ4n) is 3.42. The van der Waals surface area contributed by atoms with E-state index in [0.717, 1.165) is 18.4 Å². The minimum Gasteiger partial charge on any atom is -0.466 e. The molecule has 0 heterocycles. The van der Waals surface area contributed by atoms with Crippen LogP contribution in [0.1, 0.15) is 78.9 Å². The second-order valence-electron chi connectivity index (χ2n) is 8.77. The number of hydrogen-bond acceptors (Lipinski definition) is 4. The lowest BCUT2D eigenvalue weighted by atomic mass is 9.94. The van der Waals surface area contributed by atoms with Crippen molar-refractivity contribution in [2.24, 2.45) is 5.92 Å². The Hall–Kier alpha value is -2.56. The SMILES string of the molecule is CC.CCOC(=O)[C@@H](C)CC(Cc1ccc(C2=CCCC=C2)cc1)NC(=O)OC(C)(C)C. The van der Waals surface area contributed by atoms with E-state index in [2.05, 4.69) is 47.8 Å². The zero-order valence-corrected chi connectivity index (χ0v) is 20.9. The van der Waals surface area contributed by atoms with Gasteiger partial charge in [-0.05, 0) is 70.1 Å². The number of allylic oxidation sites excluding steroid dienone is 4. The van der Waals surface area contributed by atoms with Gasteiger partial charge in [-0.15, -0.1) is 0 Å². The van der Waals surface area contributed by atoms with Crippen LogP contribution in [0.3, 0.4) is 0 Å². The number of carbonyl (C=O) groups is 2. The van der Waals surface area contributed by atoms with E-state index in [4.69, 9.17) is 9.47 Å². The molecule has 1 N–H and O–H groups in total. The van der Waals surface area contributed by atoms with Crippen LogP contribution >= 0.6 is 0 Å². The van der Waals surface area contributed by atoms with Crippen molar-refractivity contribution >= 4 is 17.6 Å². The van der Waals surface area contributed by atoms with Crippen molar-refractivity contribution in [3.63, 3.8) is 0 Å². The quantitative estimate of drug-likeness (QED) is 0.468. The van der Waals surface area contributed by atoms with Gasteiger partial charge in [0, 0.05) is 6.04 Å². The number of benzene rings is 1. The van der Waals surface area contributed by atoms with Crippen LogP contribution < -0.4 is 5.32 Å². The molecule has 0 aliphatic heterocycles. The molecule has 0 radical (unpaired) electrons.